The Morgan fingerprint density at radius 3 is 2.30 bits per heavy atom. The molecule has 0 aliphatic rings. The molecule has 0 aliphatic heterocycles. The molecular formula is C23H35IN4O2. The summed E-state index contributed by atoms with van der Waals surface area (Å²) in [6.45, 7) is 2.74. The number of para-hydroxylation sites is 1. The summed E-state index contributed by atoms with van der Waals surface area (Å²) in [7, 11) is 7.24. The molecule has 0 bridgehead atoms. The standard InChI is InChI=1S/C23H34N4O2.HI/c1-24-23(25-15-8-9-17-27(2)20-10-6-5-7-11-20)26-16-14-19-12-13-21(28-3)22(18-19)29-4;/h5-7,10-13,18H,8-9,14-17H2,1-4H3,(H2,24,25,26);1H. The first-order chi connectivity index (χ1) is 14.2. The van der Waals surface area contributed by atoms with Crippen molar-refractivity contribution >= 4 is 35.6 Å². The van der Waals surface area contributed by atoms with Gasteiger partial charge < -0.3 is 25.0 Å². The molecule has 0 heterocycles. The van der Waals surface area contributed by atoms with Gasteiger partial charge in [-0.15, -0.1) is 24.0 Å². The van der Waals surface area contributed by atoms with E-state index in [1.54, 1.807) is 21.3 Å². The van der Waals surface area contributed by atoms with Gasteiger partial charge in [0.2, 0.25) is 0 Å². The molecule has 0 unspecified atom stereocenters. The largest absolute Gasteiger partial charge is 0.493 e. The third-order valence-corrected chi connectivity index (χ3v) is 4.79. The average molecular weight is 526 g/mol. The van der Waals surface area contributed by atoms with Crippen LogP contribution in [-0.4, -0.2) is 53.9 Å². The van der Waals surface area contributed by atoms with E-state index in [9.17, 15) is 0 Å². The van der Waals surface area contributed by atoms with Gasteiger partial charge in [-0.05, 0) is 49.1 Å². The van der Waals surface area contributed by atoms with Gasteiger partial charge >= 0.3 is 0 Å². The van der Waals surface area contributed by atoms with Gasteiger partial charge in [-0.2, -0.15) is 0 Å². The van der Waals surface area contributed by atoms with E-state index in [2.05, 4.69) is 57.9 Å². The normalized spacial score (nSPS) is 10.7. The fourth-order valence-electron chi connectivity index (χ4n) is 3.07. The fourth-order valence-corrected chi connectivity index (χ4v) is 3.07. The van der Waals surface area contributed by atoms with Crippen LogP contribution >= 0.6 is 24.0 Å². The molecule has 6 nitrogen and oxygen atoms in total. The molecule has 0 saturated heterocycles. The molecule has 0 aliphatic carbocycles. The monoisotopic (exact) mass is 526 g/mol. The number of ether oxygens (including phenoxy) is 2. The highest BCUT2D eigenvalue weighted by atomic mass is 127. The SMILES string of the molecule is CN=C(NCCCCN(C)c1ccccc1)NCCc1ccc(OC)c(OC)c1.I. The minimum atomic E-state index is 0. The minimum absolute atomic E-state index is 0. The van der Waals surface area contributed by atoms with Crippen molar-refractivity contribution in [2.45, 2.75) is 19.3 Å². The number of methoxy groups -OCH3 is 2. The third kappa shape index (κ3) is 8.69. The third-order valence-electron chi connectivity index (χ3n) is 4.79. The molecule has 0 fully saturated rings. The first-order valence-corrected chi connectivity index (χ1v) is 10.1. The first kappa shape index (κ1) is 25.9. The topological polar surface area (TPSA) is 58.1 Å². The molecule has 2 aromatic rings. The van der Waals surface area contributed by atoms with Crippen LogP contribution < -0.4 is 25.0 Å². The van der Waals surface area contributed by atoms with Crippen LogP contribution in [0.3, 0.4) is 0 Å². The van der Waals surface area contributed by atoms with Gasteiger partial charge in [0.1, 0.15) is 0 Å². The van der Waals surface area contributed by atoms with Gasteiger partial charge in [0.25, 0.3) is 0 Å². The van der Waals surface area contributed by atoms with Crippen LogP contribution in [0.1, 0.15) is 18.4 Å². The number of anilines is 1. The van der Waals surface area contributed by atoms with E-state index >= 15 is 0 Å². The Hall–Kier alpha value is -2.16. The van der Waals surface area contributed by atoms with Gasteiger partial charge in [-0.25, -0.2) is 0 Å². The second-order valence-electron chi connectivity index (χ2n) is 6.83. The second kappa shape index (κ2) is 14.8. The van der Waals surface area contributed by atoms with Crippen LogP contribution in [0.15, 0.2) is 53.5 Å². The predicted molar refractivity (Wildman–Crippen MR) is 137 cm³/mol. The maximum Gasteiger partial charge on any atom is 0.190 e. The number of benzene rings is 2. The van der Waals surface area contributed by atoms with Crippen molar-refractivity contribution in [2.24, 2.45) is 4.99 Å². The van der Waals surface area contributed by atoms with E-state index in [1.165, 1.54) is 11.3 Å². The van der Waals surface area contributed by atoms with Crippen LogP contribution in [0.25, 0.3) is 0 Å². The molecule has 30 heavy (non-hydrogen) atoms. The predicted octanol–water partition coefficient (Wildman–Crippen LogP) is 3.95. The number of hydrogen-bond acceptors (Lipinski definition) is 4. The molecule has 0 aromatic heterocycles. The van der Waals surface area contributed by atoms with E-state index in [-0.39, 0.29) is 24.0 Å². The highest BCUT2D eigenvalue weighted by Crippen LogP contribution is 2.27. The number of unbranched alkanes of at least 4 members (excludes halogenated alkanes) is 1. The molecule has 0 spiro atoms. The number of halogens is 1. The lowest BCUT2D eigenvalue weighted by Gasteiger charge is -2.19. The van der Waals surface area contributed by atoms with Gasteiger partial charge in [0.15, 0.2) is 17.5 Å². The minimum Gasteiger partial charge on any atom is -0.493 e. The molecule has 0 atom stereocenters. The van der Waals surface area contributed by atoms with E-state index < -0.39 is 0 Å². The molecule has 0 radical (unpaired) electrons. The number of aliphatic imine (C=N–C) groups is 1. The lowest BCUT2D eigenvalue weighted by atomic mass is 10.1. The summed E-state index contributed by atoms with van der Waals surface area (Å²) in [5.41, 5.74) is 2.45. The Kier molecular flexibility index (Phi) is 12.7. The van der Waals surface area contributed by atoms with Gasteiger partial charge in [0.05, 0.1) is 14.2 Å². The van der Waals surface area contributed by atoms with Crippen LogP contribution in [-0.2, 0) is 6.42 Å². The highest BCUT2D eigenvalue weighted by Gasteiger charge is 2.05. The van der Waals surface area contributed by atoms with Crippen molar-refractivity contribution in [3.05, 3.63) is 54.1 Å². The zero-order chi connectivity index (χ0) is 20.9. The van der Waals surface area contributed by atoms with Crippen LogP contribution in [0, 0.1) is 0 Å². The van der Waals surface area contributed by atoms with E-state index in [0.29, 0.717) is 0 Å². The van der Waals surface area contributed by atoms with Crippen molar-refractivity contribution in [3.63, 3.8) is 0 Å². The lowest BCUT2D eigenvalue weighted by molar-refractivity contribution is 0.354. The quantitative estimate of drug-likeness (QED) is 0.201. The van der Waals surface area contributed by atoms with Crippen molar-refractivity contribution in [1.29, 1.82) is 0 Å². The Labute approximate surface area is 198 Å². The maximum absolute atomic E-state index is 5.36. The number of guanidine groups is 1. The van der Waals surface area contributed by atoms with Crippen molar-refractivity contribution < 1.29 is 9.47 Å². The number of hydrogen-bond donors (Lipinski definition) is 2. The molecule has 2 rings (SSSR count). The van der Waals surface area contributed by atoms with E-state index in [1.807, 2.05) is 18.2 Å². The Balaban J connectivity index is 0.00000450. The van der Waals surface area contributed by atoms with Gasteiger partial charge in [0, 0.05) is 39.4 Å². The van der Waals surface area contributed by atoms with Gasteiger partial charge in [-0.3, -0.25) is 4.99 Å². The Morgan fingerprint density at radius 2 is 1.63 bits per heavy atom. The van der Waals surface area contributed by atoms with Gasteiger partial charge in [-0.1, -0.05) is 24.3 Å². The smallest absolute Gasteiger partial charge is 0.190 e. The highest BCUT2D eigenvalue weighted by molar-refractivity contribution is 14.0. The molecule has 2 aromatic carbocycles. The zero-order valence-corrected chi connectivity index (χ0v) is 20.8. The summed E-state index contributed by atoms with van der Waals surface area (Å²) in [5, 5.41) is 6.75. The van der Waals surface area contributed by atoms with E-state index in [0.717, 1.165) is 56.4 Å². The Bertz CT molecular complexity index is 756. The summed E-state index contributed by atoms with van der Waals surface area (Å²) < 4.78 is 10.6. The molecule has 0 saturated carbocycles. The average Bonchev–Trinajstić information content (AvgIpc) is 2.77. The fraction of sp³-hybridized carbons (Fsp3) is 0.435. The zero-order valence-electron chi connectivity index (χ0n) is 18.5. The van der Waals surface area contributed by atoms with Crippen LogP contribution in [0.5, 0.6) is 11.5 Å². The number of nitrogens with zero attached hydrogens (tertiary/aromatic N) is 2. The number of nitrogens with one attached hydrogen (secondary N) is 2. The lowest BCUT2D eigenvalue weighted by Crippen LogP contribution is -2.38. The Morgan fingerprint density at radius 1 is 0.933 bits per heavy atom. The molecule has 166 valence electrons. The summed E-state index contributed by atoms with van der Waals surface area (Å²) >= 11 is 0. The van der Waals surface area contributed by atoms with Crippen molar-refractivity contribution in [2.75, 3.05) is 52.8 Å². The van der Waals surface area contributed by atoms with Crippen LogP contribution in [0.2, 0.25) is 0 Å². The summed E-state index contributed by atoms with van der Waals surface area (Å²) in [6, 6.07) is 16.5. The summed E-state index contributed by atoms with van der Waals surface area (Å²) in [5.74, 6) is 2.34. The van der Waals surface area contributed by atoms with Crippen LogP contribution in [0.4, 0.5) is 5.69 Å². The molecule has 7 heteroatoms. The summed E-state index contributed by atoms with van der Waals surface area (Å²) in [4.78, 5) is 6.59. The molecule has 0 amide bonds. The summed E-state index contributed by atoms with van der Waals surface area (Å²) in [6.07, 6.45) is 3.09. The maximum atomic E-state index is 5.36. The molecule has 2 N–H and O–H groups in total. The molecular weight excluding hydrogens is 491 g/mol. The van der Waals surface area contributed by atoms with Crippen molar-refractivity contribution in [1.82, 2.24) is 10.6 Å². The van der Waals surface area contributed by atoms with E-state index in [4.69, 9.17) is 9.47 Å². The first-order valence-electron chi connectivity index (χ1n) is 10.1. The second-order valence-corrected chi connectivity index (χ2v) is 6.83. The number of rotatable bonds is 11. The van der Waals surface area contributed by atoms with Crippen molar-refractivity contribution in [3.8, 4) is 11.5 Å².